The highest BCUT2D eigenvalue weighted by Crippen LogP contribution is 2.27. The Kier molecular flexibility index (Phi) is 5.80. The van der Waals surface area contributed by atoms with Crippen LogP contribution in [0.4, 0.5) is 5.69 Å². The van der Waals surface area contributed by atoms with Crippen molar-refractivity contribution >= 4 is 23.2 Å². The maximum Gasteiger partial charge on any atom is 0.238 e. The fourth-order valence-electron chi connectivity index (χ4n) is 1.31. The molecule has 4 nitrogen and oxygen atoms in total. The first kappa shape index (κ1) is 13.8. The number of halogens is 1. The van der Waals surface area contributed by atoms with Gasteiger partial charge in [-0.15, -0.1) is 0 Å². The van der Waals surface area contributed by atoms with Crippen molar-refractivity contribution in [2.75, 3.05) is 25.0 Å². The van der Waals surface area contributed by atoms with Gasteiger partial charge >= 0.3 is 0 Å². The summed E-state index contributed by atoms with van der Waals surface area (Å²) in [4.78, 5) is 11.6. The van der Waals surface area contributed by atoms with E-state index in [-0.39, 0.29) is 12.5 Å². The molecule has 1 amide bonds. The number of benzene rings is 1. The third-order valence-electron chi connectivity index (χ3n) is 2.05. The van der Waals surface area contributed by atoms with Crippen molar-refractivity contribution in [2.24, 2.45) is 0 Å². The molecule has 0 atom stereocenters. The molecule has 0 fully saturated rings. The lowest BCUT2D eigenvalue weighted by molar-refractivity contribution is -0.115. The van der Waals surface area contributed by atoms with Crippen LogP contribution in [0.2, 0.25) is 5.02 Å². The summed E-state index contributed by atoms with van der Waals surface area (Å²) in [5.74, 6) is 0.511. The van der Waals surface area contributed by atoms with E-state index in [9.17, 15) is 4.79 Å². The molecule has 1 aromatic rings. The lowest BCUT2D eigenvalue weighted by Crippen LogP contribution is -2.27. The molecule has 0 unspecified atom stereocenters. The van der Waals surface area contributed by atoms with Gasteiger partial charge in [0.1, 0.15) is 5.75 Å². The largest absolute Gasteiger partial charge is 0.492 e. The van der Waals surface area contributed by atoms with Crippen molar-refractivity contribution in [2.45, 2.75) is 13.8 Å². The molecule has 0 aromatic heterocycles. The van der Waals surface area contributed by atoms with Crippen molar-refractivity contribution in [3.05, 3.63) is 23.2 Å². The van der Waals surface area contributed by atoms with Gasteiger partial charge in [-0.25, -0.2) is 0 Å². The number of ether oxygens (including phenoxy) is 1. The van der Waals surface area contributed by atoms with E-state index in [0.29, 0.717) is 23.1 Å². The van der Waals surface area contributed by atoms with Crippen molar-refractivity contribution in [3.63, 3.8) is 0 Å². The third kappa shape index (κ3) is 4.63. The molecular formula is C12H17ClN2O2. The van der Waals surface area contributed by atoms with E-state index >= 15 is 0 Å². The van der Waals surface area contributed by atoms with Crippen molar-refractivity contribution in [1.29, 1.82) is 0 Å². The first-order valence-electron chi connectivity index (χ1n) is 5.60. The Balaban J connectivity index is 2.73. The first-order chi connectivity index (χ1) is 8.17. The zero-order valence-corrected chi connectivity index (χ0v) is 10.8. The minimum Gasteiger partial charge on any atom is -0.492 e. The summed E-state index contributed by atoms with van der Waals surface area (Å²) in [5.41, 5.74) is 0.599. The van der Waals surface area contributed by atoms with Gasteiger partial charge in [-0.05, 0) is 31.7 Å². The summed E-state index contributed by atoms with van der Waals surface area (Å²) in [7, 11) is 0. The van der Waals surface area contributed by atoms with E-state index in [1.54, 1.807) is 18.2 Å². The molecule has 0 radical (unpaired) electrons. The van der Waals surface area contributed by atoms with Crippen LogP contribution in [0.15, 0.2) is 18.2 Å². The number of amides is 1. The summed E-state index contributed by atoms with van der Waals surface area (Å²) in [5, 5.41) is 6.27. The highest BCUT2D eigenvalue weighted by molar-refractivity contribution is 6.31. The highest BCUT2D eigenvalue weighted by atomic mass is 35.5. The molecule has 0 aliphatic carbocycles. The number of nitrogens with one attached hydrogen (secondary N) is 2. The van der Waals surface area contributed by atoms with E-state index in [1.165, 1.54) is 0 Å². The maximum absolute atomic E-state index is 11.6. The molecule has 0 bridgehead atoms. The number of rotatable bonds is 6. The molecular weight excluding hydrogens is 240 g/mol. The van der Waals surface area contributed by atoms with Crippen molar-refractivity contribution in [3.8, 4) is 5.75 Å². The molecule has 0 saturated heterocycles. The van der Waals surface area contributed by atoms with E-state index in [4.69, 9.17) is 16.3 Å². The smallest absolute Gasteiger partial charge is 0.238 e. The summed E-state index contributed by atoms with van der Waals surface area (Å²) < 4.78 is 5.40. The van der Waals surface area contributed by atoms with E-state index in [1.807, 2.05) is 13.8 Å². The topological polar surface area (TPSA) is 50.4 Å². The molecule has 1 aromatic carbocycles. The minimum atomic E-state index is -0.116. The normalized spacial score (nSPS) is 10.1. The van der Waals surface area contributed by atoms with E-state index < -0.39 is 0 Å². The number of carbonyl (C=O) groups is 1. The second-order valence-electron chi connectivity index (χ2n) is 3.40. The monoisotopic (exact) mass is 256 g/mol. The van der Waals surface area contributed by atoms with Gasteiger partial charge in [-0.3, -0.25) is 4.79 Å². The van der Waals surface area contributed by atoms with Crippen molar-refractivity contribution < 1.29 is 9.53 Å². The molecule has 1 rings (SSSR count). The third-order valence-corrected chi connectivity index (χ3v) is 2.29. The summed E-state index contributed by atoms with van der Waals surface area (Å²) in [6, 6.07) is 5.15. The number of hydrogen-bond donors (Lipinski definition) is 2. The quantitative estimate of drug-likeness (QED) is 0.821. The second-order valence-corrected chi connectivity index (χ2v) is 3.84. The lowest BCUT2D eigenvalue weighted by atomic mass is 10.3. The Morgan fingerprint density at radius 3 is 2.82 bits per heavy atom. The molecule has 2 N–H and O–H groups in total. The SMILES string of the molecule is CCNCC(=O)Nc1cc(Cl)ccc1OCC. The van der Waals surface area contributed by atoms with Gasteiger partial charge < -0.3 is 15.4 Å². The standard InChI is InChI=1S/C12H17ClN2O2/c1-3-14-8-12(16)15-10-7-9(13)5-6-11(10)17-4-2/h5-7,14H,3-4,8H2,1-2H3,(H,15,16). The van der Waals surface area contributed by atoms with Crippen LogP contribution in [-0.2, 0) is 4.79 Å². The van der Waals surface area contributed by atoms with Crippen LogP contribution in [0.5, 0.6) is 5.75 Å². The highest BCUT2D eigenvalue weighted by Gasteiger charge is 2.08. The molecule has 0 saturated carbocycles. The van der Waals surface area contributed by atoms with E-state index in [0.717, 1.165) is 6.54 Å². The number of carbonyl (C=O) groups excluding carboxylic acids is 1. The van der Waals surface area contributed by atoms with Gasteiger partial charge in [0.05, 0.1) is 18.8 Å². The van der Waals surface area contributed by atoms with Crippen LogP contribution in [-0.4, -0.2) is 25.6 Å². The first-order valence-corrected chi connectivity index (χ1v) is 5.98. The van der Waals surface area contributed by atoms with Crippen molar-refractivity contribution in [1.82, 2.24) is 5.32 Å². The Morgan fingerprint density at radius 1 is 1.41 bits per heavy atom. The zero-order chi connectivity index (χ0) is 12.7. The molecule has 94 valence electrons. The summed E-state index contributed by atoms with van der Waals surface area (Å²) in [6.07, 6.45) is 0. The van der Waals surface area contributed by atoms with Crippen LogP contribution in [0.1, 0.15) is 13.8 Å². The van der Waals surface area contributed by atoms with Gasteiger partial charge in [0.2, 0.25) is 5.91 Å². The molecule has 5 heteroatoms. The Morgan fingerprint density at radius 2 is 2.18 bits per heavy atom. The predicted molar refractivity (Wildman–Crippen MR) is 69.8 cm³/mol. The molecule has 0 spiro atoms. The second kappa shape index (κ2) is 7.14. The fourth-order valence-corrected chi connectivity index (χ4v) is 1.49. The Labute approximate surface area is 106 Å². The van der Waals surface area contributed by atoms with Gasteiger partial charge in [-0.1, -0.05) is 18.5 Å². The van der Waals surface area contributed by atoms with Gasteiger partial charge in [-0.2, -0.15) is 0 Å². The average Bonchev–Trinajstić information content (AvgIpc) is 2.30. The number of likely N-dealkylation sites (N-methyl/N-ethyl adjacent to an activating group) is 1. The van der Waals surface area contributed by atoms with Gasteiger partial charge in [0.15, 0.2) is 0 Å². The van der Waals surface area contributed by atoms with Crippen LogP contribution in [0.25, 0.3) is 0 Å². The van der Waals surface area contributed by atoms with Crippen LogP contribution in [0.3, 0.4) is 0 Å². The van der Waals surface area contributed by atoms with Crippen LogP contribution < -0.4 is 15.4 Å². The zero-order valence-electron chi connectivity index (χ0n) is 10.0. The maximum atomic E-state index is 11.6. The lowest BCUT2D eigenvalue weighted by Gasteiger charge is -2.11. The molecule has 17 heavy (non-hydrogen) atoms. The minimum absolute atomic E-state index is 0.116. The number of anilines is 1. The molecule has 0 aliphatic rings. The van der Waals surface area contributed by atoms with Crippen LogP contribution >= 0.6 is 11.6 Å². The van der Waals surface area contributed by atoms with E-state index in [2.05, 4.69) is 10.6 Å². The Bertz CT molecular complexity index is 383. The summed E-state index contributed by atoms with van der Waals surface area (Å²) in [6.45, 7) is 5.39. The molecule has 0 aliphatic heterocycles. The fraction of sp³-hybridized carbons (Fsp3) is 0.417. The Hall–Kier alpha value is -1.26. The average molecular weight is 257 g/mol. The van der Waals surface area contributed by atoms with Gasteiger partial charge in [0.25, 0.3) is 0 Å². The molecule has 0 heterocycles. The van der Waals surface area contributed by atoms with Gasteiger partial charge in [0, 0.05) is 5.02 Å². The summed E-state index contributed by atoms with van der Waals surface area (Å²) >= 11 is 5.88. The number of hydrogen-bond acceptors (Lipinski definition) is 3. The van der Waals surface area contributed by atoms with Crippen LogP contribution in [0, 0.1) is 0 Å². The predicted octanol–water partition coefficient (Wildman–Crippen LogP) is 2.29.